The molecule has 1 aromatic rings. The van der Waals surface area contributed by atoms with Gasteiger partial charge in [0.25, 0.3) is 5.91 Å². The maximum atomic E-state index is 12.7. The molecule has 3 rings (SSSR count). The number of pyridine rings is 1. The zero-order valence-corrected chi connectivity index (χ0v) is 12.2. The minimum atomic E-state index is 0.167. The average molecular weight is 273 g/mol. The van der Waals surface area contributed by atoms with E-state index < -0.39 is 0 Å². The van der Waals surface area contributed by atoms with Crippen LogP contribution in [0.1, 0.15) is 41.7 Å². The van der Waals surface area contributed by atoms with Crippen molar-refractivity contribution in [2.24, 2.45) is 5.41 Å². The number of aromatic nitrogens is 1. The normalized spacial score (nSPS) is 26.8. The molecule has 0 aliphatic carbocycles. The molecule has 0 radical (unpaired) electrons. The van der Waals surface area contributed by atoms with Gasteiger partial charge >= 0.3 is 0 Å². The van der Waals surface area contributed by atoms with Crippen molar-refractivity contribution in [1.82, 2.24) is 15.2 Å². The Kier molecular flexibility index (Phi) is 3.74. The van der Waals surface area contributed by atoms with Gasteiger partial charge in [0.2, 0.25) is 0 Å². The highest BCUT2D eigenvalue weighted by Gasteiger charge is 2.38. The number of nitrogens with zero attached hydrogens (tertiary/aromatic N) is 2. The van der Waals surface area contributed by atoms with E-state index >= 15 is 0 Å². The van der Waals surface area contributed by atoms with E-state index in [9.17, 15) is 4.79 Å². The molecule has 1 amide bonds. The van der Waals surface area contributed by atoms with Crippen LogP contribution in [0.25, 0.3) is 0 Å². The molecule has 0 bridgehead atoms. The van der Waals surface area contributed by atoms with Crippen molar-refractivity contribution < 1.29 is 4.79 Å². The van der Waals surface area contributed by atoms with Crippen LogP contribution in [0, 0.1) is 12.3 Å². The molecule has 20 heavy (non-hydrogen) atoms. The lowest BCUT2D eigenvalue weighted by atomic mass is 9.74. The summed E-state index contributed by atoms with van der Waals surface area (Å²) in [6.45, 7) is 5.91. The maximum Gasteiger partial charge on any atom is 0.253 e. The van der Waals surface area contributed by atoms with Crippen molar-refractivity contribution in [2.75, 3.05) is 26.2 Å². The Labute approximate surface area is 120 Å². The number of carbonyl (C=O) groups excluding carboxylic acids is 1. The van der Waals surface area contributed by atoms with E-state index in [1.807, 2.05) is 24.0 Å². The summed E-state index contributed by atoms with van der Waals surface area (Å²) >= 11 is 0. The first-order valence-corrected chi connectivity index (χ1v) is 7.61. The highest BCUT2D eigenvalue weighted by molar-refractivity contribution is 5.94. The lowest BCUT2D eigenvalue weighted by Gasteiger charge is -2.45. The molecule has 2 aliphatic rings. The summed E-state index contributed by atoms with van der Waals surface area (Å²) in [6, 6.07) is 3.72. The van der Waals surface area contributed by atoms with Crippen LogP contribution >= 0.6 is 0 Å². The maximum absolute atomic E-state index is 12.7. The van der Waals surface area contributed by atoms with Crippen molar-refractivity contribution in [3.05, 3.63) is 29.6 Å². The summed E-state index contributed by atoms with van der Waals surface area (Å²) in [7, 11) is 0. The first-order valence-electron chi connectivity index (χ1n) is 7.61. The van der Waals surface area contributed by atoms with E-state index in [1.54, 1.807) is 6.20 Å². The molecule has 2 fully saturated rings. The number of hydrogen-bond donors (Lipinski definition) is 1. The van der Waals surface area contributed by atoms with Gasteiger partial charge in [0.15, 0.2) is 0 Å². The van der Waals surface area contributed by atoms with E-state index in [0.717, 1.165) is 43.9 Å². The topological polar surface area (TPSA) is 45.2 Å². The van der Waals surface area contributed by atoms with E-state index in [0.29, 0.717) is 5.41 Å². The summed E-state index contributed by atoms with van der Waals surface area (Å²) in [5, 5.41) is 3.51. The fourth-order valence-electron chi connectivity index (χ4n) is 3.62. The molecule has 1 spiro atoms. The minimum absolute atomic E-state index is 0.167. The second kappa shape index (κ2) is 5.52. The number of hydrogen-bond acceptors (Lipinski definition) is 3. The lowest BCUT2D eigenvalue weighted by molar-refractivity contribution is 0.0434. The number of rotatable bonds is 1. The van der Waals surface area contributed by atoms with Gasteiger partial charge in [-0.2, -0.15) is 0 Å². The van der Waals surface area contributed by atoms with Crippen molar-refractivity contribution in [1.29, 1.82) is 0 Å². The summed E-state index contributed by atoms with van der Waals surface area (Å²) in [5.41, 5.74) is 1.99. The Morgan fingerprint density at radius 1 is 1.40 bits per heavy atom. The number of piperidine rings is 2. The largest absolute Gasteiger partial charge is 0.338 e. The number of amides is 1. The van der Waals surface area contributed by atoms with Gasteiger partial charge in [0, 0.05) is 42.5 Å². The van der Waals surface area contributed by atoms with E-state index in [2.05, 4.69) is 10.3 Å². The van der Waals surface area contributed by atoms with Gasteiger partial charge in [-0.15, -0.1) is 0 Å². The number of likely N-dealkylation sites (tertiary alicyclic amines) is 1. The second-order valence-corrected chi connectivity index (χ2v) is 6.30. The average Bonchev–Trinajstić information content (AvgIpc) is 2.47. The zero-order chi connectivity index (χ0) is 14.0. The number of carbonyl (C=O) groups is 1. The lowest BCUT2D eigenvalue weighted by Crippen LogP contribution is -2.52. The van der Waals surface area contributed by atoms with Gasteiger partial charge in [-0.3, -0.25) is 9.78 Å². The molecule has 4 nitrogen and oxygen atoms in total. The van der Waals surface area contributed by atoms with Crippen LogP contribution in [0.5, 0.6) is 0 Å². The Morgan fingerprint density at radius 3 is 3.00 bits per heavy atom. The molecule has 0 saturated carbocycles. The highest BCUT2D eigenvalue weighted by atomic mass is 16.2. The molecule has 1 N–H and O–H groups in total. The monoisotopic (exact) mass is 273 g/mol. The van der Waals surface area contributed by atoms with Crippen molar-refractivity contribution in [2.45, 2.75) is 32.6 Å². The third-order valence-electron chi connectivity index (χ3n) is 4.65. The quantitative estimate of drug-likeness (QED) is 0.851. The van der Waals surface area contributed by atoms with Crippen molar-refractivity contribution in [3.63, 3.8) is 0 Å². The predicted molar refractivity (Wildman–Crippen MR) is 78.6 cm³/mol. The SMILES string of the molecule is Cc1cc(C(=O)N2CCCC3(CCCNC3)C2)ccn1. The molecule has 3 heterocycles. The minimum Gasteiger partial charge on any atom is -0.338 e. The van der Waals surface area contributed by atoms with Crippen LogP contribution in [0.15, 0.2) is 18.3 Å². The molecule has 4 heteroatoms. The number of nitrogens with one attached hydrogen (secondary N) is 1. The van der Waals surface area contributed by atoms with Gasteiger partial charge in [0.05, 0.1) is 0 Å². The first kappa shape index (κ1) is 13.6. The van der Waals surface area contributed by atoms with Gasteiger partial charge in [-0.1, -0.05) is 0 Å². The highest BCUT2D eigenvalue weighted by Crippen LogP contribution is 2.36. The summed E-state index contributed by atoms with van der Waals surface area (Å²) < 4.78 is 0. The smallest absolute Gasteiger partial charge is 0.253 e. The van der Waals surface area contributed by atoms with Crippen LogP contribution in [-0.2, 0) is 0 Å². The zero-order valence-electron chi connectivity index (χ0n) is 12.2. The Bertz CT molecular complexity index is 489. The van der Waals surface area contributed by atoms with Crippen molar-refractivity contribution in [3.8, 4) is 0 Å². The molecule has 2 aliphatic heterocycles. The van der Waals surface area contributed by atoms with Gasteiger partial charge < -0.3 is 10.2 Å². The molecular formula is C16H23N3O. The molecule has 1 unspecified atom stereocenters. The third kappa shape index (κ3) is 2.70. The van der Waals surface area contributed by atoms with Crippen LogP contribution in [0.2, 0.25) is 0 Å². The summed E-state index contributed by atoms with van der Waals surface area (Å²) in [6.07, 6.45) is 6.58. The fourth-order valence-corrected chi connectivity index (χ4v) is 3.62. The van der Waals surface area contributed by atoms with Crippen molar-refractivity contribution >= 4 is 5.91 Å². The van der Waals surface area contributed by atoms with E-state index in [4.69, 9.17) is 0 Å². The molecule has 108 valence electrons. The van der Waals surface area contributed by atoms with Crippen LogP contribution < -0.4 is 5.32 Å². The number of aryl methyl sites for hydroxylation is 1. The standard InChI is InChI=1S/C16H23N3O/c1-13-10-14(4-8-18-13)15(20)19-9-3-6-16(12-19)5-2-7-17-11-16/h4,8,10,17H,2-3,5-7,9,11-12H2,1H3. The molecule has 1 aromatic heterocycles. The molecule has 2 saturated heterocycles. The van der Waals surface area contributed by atoms with Crippen LogP contribution in [0.3, 0.4) is 0 Å². The van der Waals surface area contributed by atoms with Crippen LogP contribution in [0.4, 0.5) is 0 Å². The third-order valence-corrected chi connectivity index (χ3v) is 4.65. The molecule has 0 aromatic carbocycles. The van der Waals surface area contributed by atoms with Gasteiger partial charge in [-0.25, -0.2) is 0 Å². The second-order valence-electron chi connectivity index (χ2n) is 6.30. The summed E-state index contributed by atoms with van der Waals surface area (Å²) in [4.78, 5) is 18.9. The Hall–Kier alpha value is -1.42. The van der Waals surface area contributed by atoms with Crippen LogP contribution in [-0.4, -0.2) is 42.0 Å². The van der Waals surface area contributed by atoms with E-state index in [1.165, 1.54) is 19.3 Å². The first-order chi connectivity index (χ1) is 9.69. The molecule has 1 atom stereocenters. The van der Waals surface area contributed by atoms with Gasteiger partial charge in [0.1, 0.15) is 0 Å². The predicted octanol–water partition coefficient (Wildman–Crippen LogP) is 2.00. The Balaban J connectivity index is 1.74. The summed E-state index contributed by atoms with van der Waals surface area (Å²) in [5.74, 6) is 0.167. The van der Waals surface area contributed by atoms with E-state index in [-0.39, 0.29) is 5.91 Å². The molecular weight excluding hydrogens is 250 g/mol. The fraction of sp³-hybridized carbons (Fsp3) is 0.625. The Morgan fingerprint density at radius 2 is 2.25 bits per heavy atom. The van der Waals surface area contributed by atoms with Gasteiger partial charge in [-0.05, 0) is 51.3 Å².